The van der Waals surface area contributed by atoms with Crippen molar-refractivity contribution in [2.24, 2.45) is 5.73 Å². The number of nitrogens with zero attached hydrogens (tertiary/aromatic N) is 2. The van der Waals surface area contributed by atoms with Gasteiger partial charge in [-0.2, -0.15) is 5.10 Å². The summed E-state index contributed by atoms with van der Waals surface area (Å²) in [6.45, 7) is 0.736. The highest BCUT2D eigenvalue weighted by Gasteiger charge is 2.04. The van der Waals surface area contributed by atoms with Gasteiger partial charge >= 0.3 is 0 Å². The number of aromatic nitrogens is 3. The van der Waals surface area contributed by atoms with Gasteiger partial charge in [-0.05, 0) is 19.4 Å². The van der Waals surface area contributed by atoms with E-state index in [1.54, 1.807) is 0 Å². The molecule has 2 rings (SSSR count). The molecule has 2 aromatic rings. The fourth-order valence-electron chi connectivity index (χ4n) is 1.56. The predicted octanol–water partition coefficient (Wildman–Crippen LogP) is 1.75. The van der Waals surface area contributed by atoms with Gasteiger partial charge < -0.3 is 5.73 Å². The van der Waals surface area contributed by atoms with Crippen LogP contribution in [-0.4, -0.2) is 21.7 Å². The van der Waals surface area contributed by atoms with Crippen LogP contribution in [0, 0.1) is 0 Å². The molecule has 84 valence electrons. The molecule has 0 fully saturated rings. The Morgan fingerprint density at radius 3 is 2.69 bits per heavy atom. The number of hydrogen-bond donors (Lipinski definition) is 2. The van der Waals surface area contributed by atoms with Crippen molar-refractivity contribution in [2.75, 3.05) is 6.54 Å². The molecule has 0 saturated carbocycles. The van der Waals surface area contributed by atoms with Gasteiger partial charge in [0.15, 0.2) is 5.82 Å². The second-order valence-electron chi connectivity index (χ2n) is 3.72. The summed E-state index contributed by atoms with van der Waals surface area (Å²) in [6, 6.07) is 9.97. The average Bonchev–Trinajstić information content (AvgIpc) is 2.79. The molecule has 1 aromatic carbocycles. The largest absolute Gasteiger partial charge is 0.330 e. The van der Waals surface area contributed by atoms with Gasteiger partial charge in [-0.1, -0.05) is 30.3 Å². The van der Waals surface area contributed by atoms with E-state index in [2.05, 4.69) is 15.2 Å². The van der Waals surface area contributed by atoms with Crippen LogP contribution in [0.1, 0.15) is 18.7 Å². The Kier molecular flexibility index (Phi) is 3.66. The zero-order valence-electron chi connectivity index (χ0n) is 9.19. The van der Waals surface area contributed by atoms with Crippen LogP contribution in [0.2, 0.25) is 0 Å². The van der Waals surface area contributed by atoms with Crippen LogP contribution in [0.15, 0.2) is 30.3 Å². The van der Waals surface area contributed by atoms with E-state index in [1.165, 1.54) is 0 Å². The second-order valence-corrected chi connectivity index (χ2v) is 3.72. The molecule has 4 nitrogen and oxygen atoms in total. The first-order valence-electron chi connectivity index (χ1n) is 5.57. The normalized spacial score (nSPS) is 10.6. The fourth-order valence-corrected chi connectivity index (χ4v) is 1.56. The van der Waals surface area contributed by atoms with Crippen LogP contribution in [0.3, 0.4) is 0 Å². The Hall–Kier alpha value is -1.68. The highest BCUT2D eigenvalue weighted by Crippen LogP contribution is 2.13. The van der Waals surface area contributed by atoms with Crippen molar-refractivity contribution in [3.63, 3.8) is 0 Å². The second kappa shape index (κ2) is 5.42. The summed E-state index contributed by atoms with van der Waals surface area (Å²) in [5.41, 5.74) is 6.49. The minimum absolute atomic E-state index is 0.736. The van der Waals surface area contributed by atoms with Gasteiger partial charge in [0, 0.05) is 12.0 Å². The van der Waals surface area contributed by atoms with Gasteiger partial charge in [-0.25, -0.2) is 4.98 Å². The first-order valence-corrected chi connectivity index (χ1v) is 5.57. The highest BCUT2D eigenvalue weighted by molar-refractivity contribution is 5.53. The van der Waals surface area contributed by atoms with E-state index in [1.807, 2.05) is 30.3 Å². The van der Waals surface area contributed by atoms with E-state index in [-0.39, 0.29) is 0 Å². The number of rotatable bonds is 5. The summed E-state index contributed by atoms with van der Waals surface area (Å²) >= 11 is 0. The van der Waals surface area contributed by atoms with E-state index in [9.17, 15) is 0 Å². The number of nitrogens with one attached hydrogen (secondary N) is 1. The van der Waals surface area contributed by atoms with E-state index in [0.29, 0.717) is 0 Å². The number of nitrogens with two attached hydrogens (primary N) is 1. The van der Waals surface area contributed by atoms with E-state index in [4.69, 9.17) is 5.73 Å². The number of aromatic amines is 1. The van der Waals surface area contributed by atoms with Crippen molar-refractivity contribution in [2.45, 2.75) is 19.3 Å². The lowest BCUT2D eigenvalue weighted by Crippen LogP contribution is -1.99. The molecule has 0 bridgehead atoms. The first-order chi connectivity index (χ1) is 7.90. The number of unbranched alkanes of at least 4 members (excludes halogenated alkanes) is 1. The third-order valence-corrected chi connectivity index (χ3v) is 2.43. The van der Waals surface area contributed by atoms with Gasteiger partial charge in [-0.3, -0.25) is 5.10 Å². The summed E-state index contributed by atoms with van der Waals surface area (Å²) < 4.78 is 0. The zero-order valence-corrected chi connectivity index (χ0v) is 9.19. The molecular weight excluding hydrogens is 200 g/mol. The van der Waals surface area contributed by atoms with Crippen LogP contribution in [-0.2, 0) is 6.42 Å². The Bertz CT molecular complexity index is 422. The van der Waals surface area contributed by atoms with E-state index >= 15 is 0 Å². The van der Waals surface area contributed by atoms with Crippen molar-refractivity contribution in [3.05, 3.63) is 36.2 Å². The molecule has 0 aliphatic heterocycles. The van der Waals surface area contributed by atoms with Gasteiger partial charge in [-0.15, -0.1) is 0 Å². The van der Waals surface area contributed by atoms with Crippen LogP contribution >= 0.6 is 0 Å². The molecule has 0 amide bonds. The van der Waals surface area contributed by atoms with Gasteiger partial charge in [0.05, 0.1) is 0 Å². The lowest BCUT2D eigenvalue weighted by molar-refractivity contribution is 0.718. The molecule has 0 aliphatic rings. The third kappa shape index (κ3) is 2.67. The minimum atomic E-state index is 0.736. The van der Waals surface area contributed by atoms with Gasteiger partial charge in [0.2, 0.25) is 0 Å². The van der Waals surface area contributed by atoms with Gasteiger partial charge in [0.1, 0.15) is 5.82 Å². The third-order valence-electron chi connectivity index (χ3n) is 2.43. The number of benzene rings is 1. The Labute approximate surface area is 94.9 Å². The molecule has 1 aromatic heterocycles. The van der Waals surface area contributed by atoms with Crippen molar-refractivity contribution in [3.8, 4) is 11.4 Å². The molecule has 0 unspecified atom stereocenters. The quantitative estimate of drug-likeness (QED) is 0.748. The monoisotopic (exact) mass is 216 g/mol. The van der Waals surface area contributed by atoms with Gasteiger partial charge in [0.25, 0.3) is 0 Å². The Balaban J connectivity index is 2.02. The molecule has 0 radical (unpaired) electrons. The van der Waals surface area contributed by atoms with E-state index in [0.717, 1.165) is 43.0 Å². The molecule has 4 heteroatoms. The lowest BCUT2D eigenvalue weighted by atomic mass is 10.2. The summed E-state index contributed by atoms with van der Waals surface area (Å²) in [5, 5.41) is 7.16. The van der Waals surface area contributed by atoms with Crippen molar-refractivity contribution in [1.82, 2.24) is 15.2 Å². The summed E-state index contributed by atoms with van der Waals surface area (Å²) in [4.78, 5) is 4.44. The maximum atomic E-state index is 5.44. The zero-order chi connectivity index (χ0) is 11.2. The molecule has 1 heterocycles. The number of H-pyrrole nitrogens is 1. The fraction of sp³-hybridized carbons (Fsp3) is 0.333. The van der Waals surface area contributed by atoms with E-state index < -0.39 is 0 Å². The topological polar surface area (TPSA) is 67.6 Å². The Morgan fingerprint density at radius 1 is 1.12 bits per heavy atom. The summed E-state index contributed by atoms with van der Waals surface area (Å²) in [6.07, 6.45) is 3.00. The smallest absolute Gasteiger partial charge is 0.181 e. The highest BCUT2D eigenvalue weighted by atomic mass is 15.2. The Morgan fingerprint density at radius 2 is 1.94 bits per heavy atom. The summed E-state index contributed by atoms with van der Waals surface area (Å²) in [5.74, 6) is 1.70. The van der Waals surface area contributed by atoms with Crippen LogP contribution in [0.5, 0.6) is 0 Å². The molecule has 16 heavy (non-hydrogen) atoms. The molecule has 0 aliphatic carbocycles. The van der Waals surface area contributed by atoms with Crippen molar-refractivity contribution < 1.29 is 0 Å². The van der Waals surface area contributed by atoms with Crippen LogP contribution in [0.4, 0.5) is 0 Å². The van der Waals surface area contributed by atoms with Crippen molar-refractivity contribution in [1.29, 1.82) is 0 Å². The average molecular weight is 216 g/mol. The van der Waals surface area contributed by atoms with Crippen LogP contribution < -0.4 is 5.73 Å². The lowest BCUT2D eigenvalue weighted by Gasteiger charge is -1.94. The number of hydrogen-bond acceptors (Lipinski definition) is 3. The molecular formula is C12H16N4. The first kappa shape index (κ1) is 10.8. The maximum Gasteiger partial charge on any atom is 0.181 e. The predicted molar refractivity (Wildman–Crippen MR) is 63.8 cm³/mol. The van der Waals surface area contributed by atoms with Crippen molar-refractivity contribution >= 4 is 0 Å². The molecule has 0 saturated heterocycles. The summed E-state index contributed by atoms with van der Waals surface area (Å²) in [7, 11) is 0. The van der Waals surface area contributed by atoms with Crippen LogP contribution in [0.25, 0.3) is 11.4 Å². The number of aryl methyl sites for hydroxylation is 1. The molecule has 0 spiro atoms. The SMILES string of the molecule is NCCCCc1nc(-c2ccccc2)n[nH]1. The minimum Gasteiger partial charge on any atom is -0.330 e. The molecule has 3 N–H and O–H groups in total. The standard InChI is InChI=1S/C12H16N4/c13-9-5-4-8-11-14-12(16-15-11)10-6-2-1-3-7-10/h1-3,6-7H,4-5,8-9,13H2,(H,14,15,16). The maximum absolute atomic E-state index is 5.44. The molecule has 0 atom stereocenters.